The van der Waals surface area contributed by atoms with Crippen LogP contribution in [0.5, 0.6) is 0 Å². The summed E-state index contributed by atoms with van der Waals surface area (Å²) in [7, 11) is 0. The van der Waals surface area contributed by atoms with Crippen molar-refractivity contribution in [3.63, 3.8) is 0 Å². The lowest BCUT2D eigenvalue weighted by Crippen LogP contribution is -2.38. The standard InChI is InChI=1S/C13H23N5/c14-13-12(9-15-16-13)18-7-3-11(4-8-18)10-17-5-1-2-6-17/h9,11H,1-8,10H2,(H3,14,15,16). The first-order chi connectivity index (χ1) is 8.83. The van der Waals surface area contributed by atoms with Gasteiger partial charge in [-0.05, 0) is 44.7 Å². The van der Waals surface area contributed by atoms with Crippen molar-refractivity contribution in [2.45, 2.75) is 25.7 Å². The van der Waals surface area contributed by atoms with Crippen LogP contribution in [0.15, 0.2) is 6.20 Å². The molecule has 2 aliphatic rings. The highest BCUT2D eigenvalue weighted by atomic mass is 15.2. The summed E-state index contributed by atoms with van der Waals surface area (Å²) in [4.78, 5) is 4.99. The largest absolute Gasteiger partial charge is 0.382 e. The zero-order chi connectivity index (χ0) is 12.4. The Labute approximate surface area is 108 Å². The normalized spacial score (nSPS) is 22.8. The van der Waals surface area contributed by atoms with Crippen LogP contribution >= 0.6 is 0 Å². The topological polar surface area (TPSA) is 61.2 Å². The first kappa shape index (κ1) is 11.8. The summed E-state index contributed by atoms with van der Waals surface area (Å²) in [6.07, 6.45) is 7.19. The average molecular weight is 249 g/mol. The first-order valence-corrected chi connectivity index (χ1v) is 7.09. The average Bonchev–Trinajstić information content (AvgIpc) is 3.02. The van der Waals surface area contributed by atoms with Gasteiger partial charge in [0.25, 0.3) is 0 Å². The molecular formula is C13H23N5. The number of nitrogens with zero attached hydrogens (tertiary/aromatic N) is 3. The van der Waals surface area contributed by atoms with E-state index >= 15 is 0 Å². The van der Waals surface area contributed by atoms with Crippen LogP contribution < -0.4 is 10.6 Å². The molecule has 5 heteroatoms. The molecule has 0 amide bonds. The highest BCUT2D eigenvalue weighted by molar-refractivity contribution is 5.62. The third kappa shape index (κ3) is 2.46. The summed E-state index contributed by atoms with van der Waals surface area (Å²) in [5.74, 6) is 1.57. The van der Waals surface area contributed by atoms with Gasteiger partial charge in [-0.1, -0.05) is 0 Å². The number of piperidine rings is 1. The Balaban J connectivity index is 1.50. The van der Waals surface area contributed by atoms with Crippen molar-refractivity contribution in [3.05, 3.63) is 6.20 Å². The highest BCUT2D eigenvalue weighted by Gasteiger charge is 2.24. The van der Waals surface area contributed by atoms with E-state index in [9.17, 15) is 0 Å². The van der Waals surface area contributed by atoms with Gasteiger partial charge >= 0.3 is 0 Å². The Morgan fingerprint density at radius 3 is 2.56 bits per heavy atom. The Kier molecular flexibility index (Phi) is 3.41. The number of nitrogens with one attached hydrogen (secondary N) is 1. The van der Waals surface area contributed by atoms with Crippen molar-refractivity contribution in [2.75, 3.05) is 43.4 Å². The van der Waals surface area contributed by atoms with E-state index < -0.39 is 0 Å². The summed E-state index contributed by atoms with van der Waals surface area (Å²) in [5.41, 5.74) is 6.95. The van der Waals surface area contributed by atoms with Gasteiger partial charge in [0.05, 0.1) is 11.9 Å². The number of aromatic nitrogens is 2. The third-order valence-corrected chi connectivity index (χ3v) is 4.32. The van der Waals surface area contributed by atoms with Gasteiger partial charge in [-0.15, -0.1) is 0 Å². The molecule has 0 unspecified atom stereocenters. The predicted octanol–water partition coefficient (Wildman–Crippen LogP) is 1.30. The van der Waals surface area contributed by atoms with Gasteiger partial charge in [0.1, 0.15) is 5.82 Å². The number of H-pyrrole nitrogens is 1. The number of rotatable bonds is 3. The molecule has 0 aliphatic carbocycles. The van der Waals surface area contributed by atoms with Crippen molar-refractivity contribution in [1.29, 1.82) is 0 Å². The fraction of sp³-hybridized carbons (Fsp3) is 0.769. The van der Waals surface area contributed by atoms with E-state index in [1.165, 1.54) is 45.3 Å². The molecule has 1 aromatic rings. The molecule has 0 atom stereocenters. The number of aromatic amines is 1. The lowest BCUT2D eigenvalue weighted by atomic mass is 9.96. The molecule has 0 bridgehead atoms. The van der Waals surface area contributed by atoms with Gasteiger partial charge in [0.15, 0.2) is 0 Å². The first-order valence-electron chi connectivity index (χ1n) is 7.09. The van der Waals surface area contributed by atoms with E-state index in [1.54, 1.807) is 0 Å². The van der Waals surface area contributed by atoms with Crippen LogP contribution in [0.4, 0.5) is 11.5 Å². The minimum atomic E-state index is 0.702. The van der Waals surface area contributed by atoms with Gasteiger partial charge in [0.2, 0.25) is 0 Å². The molecule has 2 saturated heterocycles. The number of anilines is 2. The summed E-state index contributed by atoms with van der Waals surface area (Å²) in [5, 5.41) is 6.81. The van der Waals surface area contributed by atoms with E-state index in [-0.39, 0.29) is 0 Å². The smallest absolute Gasteiger partial charge is 0.142 e. The van der Waals surface area contributed by atoms with Crippen LogP contribution in [-0.2, 0) is 0 Å². The molecular weight excluding hydrogens is 226 g/mol. The minimum Gasteiger partial charge on any atom is -0.382 e. The predicted molar refractivity (Wildman–Crippen MR) is 73.6 cm³/mol. The van der Waals surface area contributed by atoms with Crippen LogP contribution in [0.2, 0.25) is 0 Å². The molecule has 2 fully saturated rings. The van der Waals surface area contributed by atoms with Crippen molar-refractivity contribution in [1.82, 2.24) is 15.1 Å². The molecule has 18 heavy (non-hydrogen) atoms. The van der Waals surface area contributed by atoms with Crippen molar-refractivity contribution >= 4 is 11.5 Å². The van der Waals surface area contributed by atoms with E-state index in [1.807, 2.05) is 6.20 Å². The zero-order valence-corrected chi connectivity index (χ0v) is 10.9. The summed E-state index contributed by atoms with van der Waals surface area (Å²) in [6.45, 7) is 6.16. The quantitative estimate of drug-likeness (QED) is 0.848. The monoisotopic (exact) mass is 249 g/mol. The van der Waals surface area contributed by atoms with Crippen LogP contribution in [-0.4, -0.2) is 47.8 Å². The van der Waals surface area contributed by atoms with Gasteiger partial charge in [-0.25, -0.2) is 0 Å². The van der Waals surface area contributed by atoms with E-state index in [0.29, 0.717) is 5.82 Å². The lowest BCUT2D eigenvalue weighted by molar-refractivity contribution is 0.249. The number of nitrogen functional groups attached to an aromatic ring is 1. The van der Waals surface area contributed by atoms with Crippen LogP contribution in [0, 0.1) is 5.92 Å². The second-order valence-corrected chi connectivity index (χ2v) is 5.61. The molecule has 0 saturated carbocycles. The fourth-order valence-corrected chi connectivity index (χ4v) is 3.23. The summed E-state index contributed by atoms with van der Waals surface area (Å²) in [6, 6.07) is 0. The second-order valence-electron chi connectivity index (χ2n) is 5.61. The Morgan fingerprint density at radius 1 is 1.22 bits per heavy atom. The molecule has 0 aromatic carbocycles. The number of likely N-dealkylation sites (tertiary alicyclic amines) is 1. The number of hydrogen-bond donors (Lipinski definition) is 2. The molecule has 5 nitrogen and oxygen atoms in total. The maximum absolute atomic E-state index is 5.87. The van der Waals surface area contributed by atoms with Crippen molar-refractivity contribution in [2.24, 2.45) is 5.92 Å². The molecule has 2 aliphatic heterocycles. The zero-order valence-electron chi connectivity index (χ0n) is 10.9. The van der Waals surface area contributed by atoms with Crippen LogP contribution in [0.3, 0.4) is 0 Å². The molecule has 1 aromatic heterocycles. The van der Waals surface area contributed by atoms with Gasteiger partial charge < -0.3 is 15.5 Å². The van der Waals surface area contributed by atoms with Crippen LogP contribution in [0.1, 0.15) is 25.7 Å². The maximum atomic E-state index is 5.87. The summed E-state index contributed by atoms with van der Waals surface area (Å²) < 4.78 is 0. The molecule has 0 spiro atoms. The van der Waals surface area contributed by atoms with E-state index in [4.69, 9.17) is 5.73 Å². The maximum Gasteiger partial charge on any atom is 0.142 e. The van der Waals surface area contributed by atoms with Gasteiger partial charge in [0, 0.05) is 19.6 Å². The molecule has 3 heterocycles. The Bertz CT molecular complexity index is 374. The van der Waals surface area contributed by atoms with Crippen LogP contribution in [0.25, 0.3) is 0 Å². The minimum absolute atomic E-state index is 0.702. The SMILES string of the molecule is Nc1[nH]ncc1N1CCC(CN2CCCC2)CC1. The highest BCUT2D eigenvalue weighted by Crippen LogP contribution is 2.27. The van der Waals surface area contributed by atoms with Crippen molar-refractivity contribution < 1.29 is 0 Å². The third-order valence-electron chi connectivity index (χ3n) is 4.32. The lowest BCUT2D eigenvalue weighted by Gasteiger charge is -2.34. The Hall–Kier alpha value is -1.23. The van der Waals surface area contributed by atoms with E-state index in [2.05, 4.69) is 20.0 Å². The number of nitrogens with two attached hydrogens (primary N) is 1. The molecule has 3 N–H and O–H groups in total. The Morgan fingerprint density at radius 2 is 1.94 bits per heavy atom. The van der Waals surface area contributed by atoms with E-state index in [0.717, 1.165) is 24.7 Å². The summed E-state index contributed by atoms with van der Waals surface area (Å²) >= 11 is 0. The second kappa shape index (κ2) is 5.18. The fourth-order valence-electron chi connectivity index (χ4n) is 3.23. The van der Waals surface area contributed by atoms with Gasteiger partial charge in [-0.2, -0.15) is 5.10 Å². The molecule has 100 valence electrons. The van der Waals surface area contributed by atoms with Gasteiger partial charge in [-0.3, -0.25) is 5.10 Å². The number of hydrogen-bond acceptors (Lipinski definition) is 4. The molecule has 3 rings (SSSR count). The molecule has 0 radical (unpaired) electrons. The van der Waals surface area contributed by atoms with Crippen molar-refractivity contribution in [3.8, 4) is 0 Å².